The zero-order valence-corrected chi connectivity index (χ0v) is 16.9. The predicted molar refractivity (Wildman–Crippen MR) is 110 cm³/mol. The van der Waals surface area contributed by atoms with Crippen LogP contribution in [0.2, 0.25) is 5.02 Å². The van der Waals surface area contributed by atoms with Crippen molar-refractivity contribution in [3.8, 4) is 5.75 Å². The van der Waals surface area contributed by atoms with Crippen molar-refractivity contribution < 1.29 is 13.5 Å². The number of nitrogens with zero attached hydrogens (tertiary/aromatic N) is 1. The van der Waals surface area contributed by atoms with Gasteiger partial charge in [0, 0.05) is 45.8 Å². The van der Waals surface area contributed by atoms with Crippen molar-refractivity contribution in [1.29, 1.82) is 0 Å². The average molecular weight is 414 g/mol. The molecule has 0 saturated heterocycles. The summed E-state index contributed by atoms with van der Waals surface area (Å²) in [7, 11) is 0. The van der Waals surface area contributed by atoms with E-state index in [0.29, 0.717) is 36.0 Å². The van der Waals surface area contributed by atoms with Gasteiger partial charge in [0.05, 0.1) is 0 Å². The Balaban J connectivity index is 1.56. The largest absolute Gasteiger partial charge is 0.477 e. The first-order chi connectivity index (χ1) is 14.0. The van der Waals surface area contributed by atoms with Crippen LogP contribution in [0, 0.1) is 12.7 Å². The SMILES string of the molecule is Cc1c2c(cc3c4c(c(=O)oc13)CCCC4)CN(Cc1c(F)cccc1Cl)CO2. The van der Waals surface area contributed by atoms with Gasteiger partial charge in [-0.2, -0.15) is 0 Å². The third kappa shape index (κ3) is 3.13. The molecule has 4 nitrogen and oxygen atoms in total. The second kappa shape index (κ2) is 7.15. The van der Waals surface area contributed by atoms with Gasteiger partial charge in [0.2, 0.25) is 0 Å². The molecule has 0 bridgehead atoms. The van der Waals surface area contributed by atoms with Crippen molar-refractivity contribution in [1.82, 2.24) is 4.90 Å². The summed E-state index contributed by atoms with van der Waals surface area (Å²) in [6, 6.07) is 6.81. The maximum atomic E-state index is 14.2. The van der Waals surface area contributed by atoms with Gasteiger partial charge in [-0.05, 0) is 56.4 Å². The monoisotopic (exact) mass is 413 g/mol. The van der Waals surface area contributed by atoms with Crippen LogP contribution >= 0.6 is 11.6 Å². The predicted octanol–water partition coefficient (Wildman–Crippen LogP) is 5.12. The second-order valence-corrected chi connectivity index (χ2v) is 8.29. The number of rotatable bonds is 2. The lowest BCUT2D eigenvalue weighted by molar-refractivity contribution is 0.0871. The molecule has 0 atom stereocenters. The molecule has 0 amide bonds. The Morgan fingerprint density at radius 1 is 1.21 bits per heavy atom. The lowest BCUT2D eigenvalue weighted by Gasteiger charge is -2.31. The fourth-order valence-electron chi connectivity index (χ4n) is 4.56. The van der Waals surface area contributed by atoms with E-state index in [0.717, 1.165) is 59.1 Å². The van der Waals surface area contributed by atoms with E-state index in [1.807, 2.05) is 11.8 Å². The van der Waals surface area contributed by atoms with Crippen LogP contribution in [0.15, 0.2) is 33.5 Å². The Labute approximate surface area is 172 Å². The Bertz CT molecular complexity index is 1170. The first kappa shape index (κ1) is 18.6. The first-order valence-corrected chi connectivity index (χ1v) is 10.3. The van der Waals surface area contributed by atoms with Crippen molar-refractivity contribution in [3.63, 3.8) is 0 Å². The average Bonchev–Trinajstić information content (AvgIpc) is 2.72. The summed E-state index contributed by atoms with van der Waals surface area (Å²) >= 11 is 6.20. The van der Waals surface area contributed by atoms with Gasteiger partial charge in [0.25, 0.3) is 0 Å². The number of aryl methyl sites for hydroxylation is 2. The van der Waals surface area contributed by atoms with Crippen LogP contribution in [-0.2, 0) is 25.9 Å². The summed E-state index contributed by atoms with van der Waals surface area (Å²) in [5.41, 5.74) is 4.68. The van der Waals surface area contributed by atoms with Crippen LogP contribution in [0.3, 0.4) is 0 Å². The van der Waals surface area contributed by atoms with E-state index in [-0.39, 0.29) is 11.4 Å². The molecule has 0 fully saturated rings. The van der Waals surface area contributed by atoms with E-state index in [2.05, 4.69) is 6.07 Å². The Morgan fingerprint density at radius 2 is 2.00 bits per heavy atom. The highest BCUT2D eigenvalue weighted by Gasteiger charge is 2.26. The molecule has 0 unspecified atom stereocenters. The molecule has 1 aliphatic heterocycles. The van der Waals surface area contributed by atoms with Crippen molar-refractivity contribution >= 4 is 22.6 Å². The quantitative estimate of drug-likeness (QED) is 0.546. The summed E-state index contributed by atoms with van der Waals surface area (Å²) in [4.78, 5) is 14.5. The van der Waals surface area contributed by atoms with Crippen LogP contribution in [0.1, 0.15) is 40.7 Å². The molecule has 2 aromatic carbocycles. The number of hydrogen-bond donors (Lipinski definition) is 0. The minimum atomic E-state index is -0.311. The van der Waals surface area contributed by atoms with E-state index in [4.69, 9.17) is 20.8 Å². The lowest BCUT2D eigenvalue weighted by atomic mass is 9.89. The van der Waals surface area contributed by atoms with Crippen LogP contribution in [-0.4, -0.2) is 11.6 Å². The molecule has 2 aliphatic rings. The minimum Gasteiger partial charge on any atom is -0.477 e. The highest BCUT2D eigenvalue weighted by Crippen LogP contribution is 2.38. The van der Waals surface area contributed by atoms with Crippen LogP contribution in [0.25, 0.3) is 11.0 Å². The standard InChI is InChI=1S/C23H21ClFNO3/c1-13-21-14(9-17-15-5-2-3-6-16(15)23(27)29-22(13)17)10-26(12-28-21)11-18-19(24)7-4-8-20(18)25/h4,7-9H,2-3,5-6,10-12H2,1H3. The molecule has 0 spiro atoms. The highest BCUT2D eigenvalue weighted by atomic mass is 35.5. The van der Waals surface area contributed by atoms with E-state index < -0.39 is 0 Å². The maximum Gasteiger partial charge on any atom is 0.339 e. The zero-order chi connectivity index (χ0) is 20.1. The lowest BCUT2D eigenvalue weighted by Crippen LogP contribution is -2.32. The van der Waals surface area contributed by atoms with Gasteiger partial charge < -0.3 is 9.15 Å². The fourth-order valence-corrected chi connectivity index (χ4v) is 4.78. The van der Waals surface area contributed by atoms with E-state index >= 15 is 0 Å². The van der Waals surface area contributed by atoms with Gasteiger partial charge in [-0.15, -0.1) is 0 Å². The summed E-state index contributed by atoms with van der Waals surface area (Å²) in [6.07, 6.45) is 3.77. The summed E-state index contributed by atoms with van der Waals surface area (Å²) < 4.78 is 25.9. The third-order valence-corrected chi connectivity index (χ3v) is 6.35. The normalized spacial score (nSPS) is 16.4. The summed E-state index contributed by atoms with van der Waals surface area (Å²) in [5, 5.41) is 1.42. The van der Waals surface area contributed by atoms with E-state index in [1.165, 1.54) is 6.07 Å². The molecule has 1 aliphatic carbocycles. The van der Waals surface area contributed by atoms with E-state index in [1.54, 1.807) is 12.1 Å². The summed E-state index contributed by atoms with van der Waals surface area (Å²) in [5.74, 6) is 0.445. The van der Waals surface area contributed by atoms with Gasteiger partial charge in [0.1, 0.15) is 23.9 Å². The highest BCUT2D eigenvalue weighted by molar-refractivity contribution is 6.31. The molecule has 6 heteroatoms. The topological polar surface area (TPSA) is 42.7 Å². The fraction of sp³-hybridized carbons (Fsp3) is 0.348. The van der Waals surface area contributed by atoms with Crippen LogP contribution in [0.4, 0.5) is 4.39 Å². The smallest absolute Gasteiger partial charge is 0.339 e. The Morgan fingerprint density at radius 3 is 2.79 bits per heavy atom. The van der Waals surface area contributed by atoms with Crippen molar-refractivity contribution in [2.45, 2.75) is 45.7 Å². The van der Waals surface area contributed by atoms with Gasteiger partial charge in [-0.1, -0.05) is 17.7 Å². The number of ether oxygens (including phenoxy) is 1. The van der Waals surface area contributed by atoms with Gasteiger partial charge >= 0.3 is 5.63 Å². The number of halogens is 2. The van der Waals surface area contributed by atoms with Crippen molar-refractivity contribution in [2.24, 2.45) is 0 Å². The Hall–Kier alpha value is -2.37. The molecule has 0 saturated carbocycles. The van der Waals surface area contributed by atoms with Gasteiger partial charge in [-0.25, -0.2) is 9.18 Å². The van der Waals surface area contributed by atoms with Crippen LogP contribution < -0.4 is 10.4 Å². The number of fused-ring (bicyclic) bond motifs is 4. The minimum absolute atomic E-state index is 0.220. The second-order valence-electron chi connectivity index (χ2n) is 7.88. The zero-order valence-electron chi connectivity index (χ0n) is 16.2. The first-order valence-electron chi connectivity index (χ1n) is 9.92. The van der Waals surface area contributed by atoms with Crippen molar-refractivity contribution in [3.05, 3.63) is 73.3 Å². The molecular weight excluding hydrogens is 393 g/mol. The molecule has 3 aromatic rings. The molecule has 29 heavy (non-hydrogen) atoms. The number of benzene rings is 2. The van der Waals surface area contributed by atoms with Crippen LogP contribution in [0.5, 0.6) is 5.75 Å². The molecule has 0 N–H and O–H groups in total. The Kier molecular flexibility index (Phi) is 4.60. The molecule has 0 radical (unpaired) electrons. The molecule has 1 aromatic heterocycles. The van der Waals surface area contributed by atoms with E-state index in [9.17, 15) is 9.18 Å². The molecule has 2 heterocycles. The van der Waals surface area contributed by atoms with Gasteiger partial charge in [0.15, 0.2) is 0 Å². The number of hydrogen-bond acceptors (Lipinski definition) is 4. The molecular formula is C23H21ClFNO3. The summed E-state index contributed by atoms with van der Waals surface area (Å²) in [6.45, 7) is 3.23. The van der Waals surface area contributed by atoms with Gasteiger partial charge in [-0.3, -0.25) is 4.90 Å². The van der Waals surface area contributed by atoms with Crippen molar-refractivity contribution in [2.75, 3.05) is 6.73 Å². The maximum absolute atomic E-state index is 14.2. The molecule has 5 rings (SSSR count). The third-order valence-electron chi connectivity index (χ3n) is 6.00. The molecule has 150 valence electrons.